The van der Waals surface area contributed by atoms with Crippen molar-refractivity contribution < 1.29 is 19.0 Å². The van der Waals surface area contributed by atoms with Crippen molar-refractivity contribution in [1.29, 1.82) is 0 Å². The van der Waals surface area contributed by atoms with Crippen molar-refractivity contribution in [2.24, 2.45) is 10.9 Å². The van der Waals surface area contributed by atoms with Crippen LogP contribution < -0.4 is 10.6 Å². The second kappa shape index (κ2) is 11.7. The Hall–Kier alpha value is -0.650. The maximum absolute atomic E-state index is 12.0. The Morgan fingerprint density at radius 2 is 1.93 bits per heavy atom. The molecule has 1 amide bonds. The largest absolute Gasteiger partial charge is 0.381 e. The summed E-state index contributed by atoms with van der Waals surface area (Å²) in [6.07, 6.45) is 6.41. The zero-order valence-corrected chi connectivity index (χ0v) is 20.3. The fourth-order valence-electron chi connectivity index (χ4n) is 4.02. The Labute approximate surface area is 191 Å². The van der Waals surface area contributed by atoms with E-state index < -0.39 is 5.79 Å². The number of nitrogens with zero attached hydrogens (tertiary/aromatic N) is 2. The van der Waals surface area contributed by atoms with Crippen LogP contribution in [0.2, 0.25) is 0 Å². The zero-order valence-electron chi connectivity index (χ0n) is 17.9. The summed E-state index contributed by atoms with van der Waals surface area (Å²) in [7, 11) is 3.50. The number of carbonyl (C=O) groups excluding carboxylic acids is 1. The van der Waals surface area contributed by atoms with E-state index in [0.717, 1.165) is 19.3 Å². The minimum absolute atomic E-state index is 0. The van der Waals surface area contributed by atoms with Crippen LogP contribution in [0.1, 0.15) is 45.4 Å². The lowest BCUT2D eigenvalue weighted by atomic mass is 9.86. The molecule has 2 saturated heterocycles. The van der Waals surface area contributed by atoms with Crippen molar-refractivity contribution in [1.82, 2.24) is 15.5 Å². The van der Waals surface area contributed by atoms with Crippen molar-refractivity contribution in [2.45, 2.75) is 63.4 Å². The maximum Gasteiger partial charge on any atom is 0.243 e. The molecule has 3 fully saturated rings. The van der Waals surface area contributed by atoms with Gasteiger partial charge in [-0.1, -0.05) is 19.8 Å². The highest BCUT2D eigenvalue weighted by molar-refractivity contribution is 14.0. The lowest BCUT2D eigenvalue weighted by Crippen LogP contribution is -2.49. The first-order valence-corrected chi connectivity index (χ1v) is 10.6. The first-order valence-electron chi connectivity index (χ1n) is 10.6. The number of hydrogen-bond donors (Lipinski definition) is 2. The lowest BCUT2D eigenvalue weighted by Gasteiger charge is -2.32. The van der Waals surface area contributed by atoms with E-state index in [1.807, 2.05) is 0 Å². The SMILES string of the molecule is CC1CCCCC1NC(=NCC(=O)N(C)C)NCC1COC2(CCOCC2)O1.I. The van der Waals surface area contributed by atoms with Gasteiger partial charge in [-0.25, -0.2) is 4.99 Å². The van der Waals surface area contributed by atoms with E-state index in [9.17, 15) is 4.79 Å². The second-order valence-electron chi connectivity index (χ2n) is 8.42. The van der Waals surface area contributed by atoms with Gasteiger partial charge >= 0.3 is 0 Å². The molecular weight excluding hydrogens is 487 g/mol. The quantitative estimate of drug-likeness (QED) is 0.324. The molecule has 168 valence electrons. The topological polar surface area (TPSA) is 84.4 Å². The molecule has 0 aromatic heterocycles. The third-order valence-corrected chi connectivity index (χ3v) is 5.97. The fraction of sp³-hybridized carbons (Fsp3) is 0.900. The number of hydrogen-bond acceptors (Lipinski definition) is 5. The molecule has 3 unspecified atom stereocenters. The minimum Gasteiger partial charge on any atom is -0.381 e. The lowest BCUT2D eigenvalue weighted by molar-refractivity contribution is -0.210. The highest BCUT2D eigenvalue weighted by Gasteiger charge is 2.42. The molecule has 0 aromatic rings. The minimum atomic E-state index is -0.478. The highest BCUT2D eigenvalue weighted by atomic mass is 127. The van der Waals surface area contributed by atoms with Crippen molar-refractivity contribution in [2.75, 3.05) is 47.0 Å². The summed E-state index contributed by atoms with van der Waals surface area (Å²) in [6.45, 7) is 4.94. The molecule has 1 aliphatic carbocycles. The molecule has 1 saturated carbocycles. The molecule has 3 rings (SSSR count). The predicted octanol–water partition coefficient (Wildman–Crippen LogP) is 1.73. The van der Waals surface area contributed by atoms with Crippen LogP contribution in [0.3, 0.4) is 0 Å². The summed E-state index contributed by atoms with van der Waals surface area (Å²) >= 11 is 0. The molecular formula is C20H37IN4O4. The van der Waals surface area contributed by atoms with Gasteiger partial charge in [0.25, 0.3) is 0 Å². The van der Waals surface area contributed by atoms with Gasteiger partial charge in [0, 0.05) is 39.5 Å². The number of carbonyl (C=O) groups is 1. The second-order valence-corrected chi connectivity index (χ2v) is 8.42. The van der Waals surface area contributed by atoms with Crippen LogP contribution in [0.15, 0.2) is 4.99 Å². The number of amides is 1. The van der Waals surface area contributed by atoms with Crippen LogP contribution in [0, 0.1) is 5.92 Å². The first-order chi connectivity index (χ1) is 13.5. The van der Waals surface area contributed by atoms with E-state index in [4.69, 9.17) is 14.2 Å². The Kier molecular flexibility index (Phi) is 9.90. The third kappa shape index (κ3) is 7.22. The summed E-state index contributed by atoms with van der Waals surface area (Å²) in [5, 5.41) is 6.92. The number of ether oxygens (including phenoxy) is 3. The molecule has 2 aliphatic heterocycles. The monoisotopic (exact) mass is 524 g/mol. The molecule has 0 radical (unpaired) electrons. The van der Waals surface area contributed by atoms with E-state index in [-0.39, 0.29) is 42.5 Å². The van der Waals surface area contributed by atoms with Crippen LogP contribution >= 0.6 is 24.0 Å². The average molecular weight is 524 g/mol. The fourth-order valence-corrected chi connectivity index (χ4v) is 4.02. The normalized spacial score (nSPS) is 29.2. The van der Waals surface area contributed by atoms with E-state index >= 15 is 0 Å². The number of aliphatic imine (C=N–C) groups is 1. The maximum atomic E-state index is 12.0. The summed E-state index contributed by atoms with van der Waals surface area (Å²) < 4.78 is 17.6. The molecule has 8 nitrogen and oxygen atoms in total. The van der Waals surface area contributed by atoms with Gasteiger partial charge in [0.1, 0.15) is 12.6 Å². The number of rotatable bonds is 5. The molecule has 2 heterocycles. The smallest absolute Gasteiger partial charge is 0.243 e. The Bertz CT molecular complexity index is 555. The number of nitrogens with one attached hydrogen (secondary N) is 2. The van der Waals surface area contributed by atoms with Gasteiger partial charge in [-0.3, -0.25) is 4.79 Å². The van der Waals surface area contributed by atoms with Gasteiger partial charge in [0.05, 0.1) is 19.8 Å². The Balaban J connectivity index is 0.00000300. The van der Waals surface area contributed by atoms with Crippen LogP contribution in [0.25, 0.3) is 0 Å². The van der Waals surface area contributed by atoms with Crippen LogP contribution in [0.4, 0.5) is 0 Å². The molecule has 2 N–H and O–H groups in total. The van der Waals surface area contributed by atoms with Crippen LogP contribution in [-0.2, 0) is 19.0 Å². The highest BCUT2D eigenvalue weighted by Crippen LogP contribution is 2.33. The Morgan fingerprint density at radius 3 is 2.62 bits per heavy atom. The van der Waals surface area contributed by atoms with Gasteiger partial charge in [-0.15, -0.1) is 24.0 Å². The average Bonchev–Trinajstić information content (AvgIpc) is 3.07. The number of likely N-dealkylation sites (N-methyl/N-ethyl adjacent to an activating group) is 1. The van der Waals surface area contributed by atoms with Crippen LogP contribution in [-0.4, -0.2) is 81.7 Å². The van der Waals surface area contributed by atoms with Gasteiger partial charge in [-0.05, 0) is 18.8 Å². The Morgan fingerprint density at radius 1 is 1.21 bits per heavy atom. The molecule has 0 aromatic carbocycles. The standard InChI is InChI=1S/C20H36N4O4.HI/c1-15-6-4-5-7-17(15)23-19(22-13-18(25)24(2)3)21-12-16-14-27-20(28-16)8-10-26-11-9-20;/h15-17H,4-14H2,1-3H3,(H2,21,22,23);1H. The van der Waals surface area contributed by atoms with Gasteiger partial charge in [0.2, 0.25) is 5.91 Å². The van der Waals surface area contributed by atoms with Crippen molar-refractivity contribution in [3.05, 3.63) is 0 Å². The summed E-state index contributed by atoms with van der Waals surface area (Å²) in [6, 6.07) is 0.386. The molecule has 9 heteroatoms. The summed E-state index contributed by atoms with van der Waals surface area (Å²) in [5.41, 5.74) is 0. The molecule has 3 aliphatic rings. The van der Waals surface area contributed by atoms with E-state index in [0.29, 0.717) is 44.3 Å². The molecule has 29 heavy (non-hydrogen) atoms. The van der Waals surface area contributed by atoms with Crippen molar-refractivity contribution >= 4 is 35.8 Å². The van der Waals surface area contributed by atoms with Crippen molar-refractivity contribution in [3.63, 3.8) is 0 Å². The van der Waals surface area contributed by atoms with Gasteiger partial charge in [0.15, 0.2) is 11.7 Å². The number of halogens is 1. The predicted molar refractivity (Wildman–Crippen MR) is 123 cm³/mol. The van der Waals surface area contributed by atoms with Crippen molar-refractivity contribution in [3.8, 4) is 0 Å². The summed E-state index contributed by atoms with van der Waals surface area (Å²) in [5.74, 6) is 0.792. The number of guanidine groups is 1. The zero-order chi connectivity index (χ0) is 20.0. The van der Waals surface area contributed by atoms with E-state index in [1.54, 1.807) is 19.0 Å². The summed E-state index contributed by atoms with van der Waals surface area (Å²) in [4.78, 5) is 18.1. The first kappa shape index (κ1) is 24.6. The van der Waals surface area contributed by atoms with Gasteiger partial charge < -0.3 is 29.7 Å². The van der Waals surface area contributed by atoms with Crippen LogP contribution in [0.5, 0.6) is 0 Å². The molecule has 3 atom stereocenters. The third-order valence-electron chi connectivity index (χ3n) is 5.97. The van der Waals surface area contributed by atoms with Gasteiger partial charge in [-0.2, -0.15) is 0 Å². The van der Waals surface area contributed by atoms with E-state index in [1.165, 1.54) is 19.3 Å². The molecule has 1 spiro atoms. The molecule has 0 bridgehead atoms. The van der Waals surface area contributed by atoms with E-state index in [2.05, 4.69) is 22.5 Å².